The second kappa shape index (κ2) is 6.43. The molecule has 1 atom stereocenters. The third-order valence-corrected chi connectivity index (χ3v) is 2.78. The third-order valence-electron chi connectivity index (χ3n) is 2.78. The van der Waals surface area contributed by atoms with Crippen LogP contribution in [0.4, 0.5) is 0 Å². The third kappa shape index (κ3) is 3.11. The zero-order valence-electron chi connectivity index (χ0n) is 11.8. The number of carbonyl (C=O) groups excluding carboxylic acids is 1. The molecule has 108 valence electrons. The lowest BCUT2D eigenvalue weighted by molar-refractivity contribution is 0.0527. The monoisotopic (exact) mass is 278 g/mol. The van der Waals surface area contributed by atoms with Crippen molar-refractivity contribution in [1.29, 1.82) is 0 Å². The van der Waals surface area contributed by atoms with Gasteiger partial charge in [-0.3, -0.25) is 0 Å². The number of methoxy groups -OCH3 is 1. The molecule has 0 N–H and O–H groups in total. The fourth-order valence-electron chi connectivity index (χ4n) is 1.95. The minimum Gasteiger partial charge on any atom is -0.488 e. The Bertz CT molecular complexity index is 587. The molecule has 1 unspecified atom stereocenters. The molecule has 1 heterocycles. The maximum absolute atomic E-state index is 11.7. The van der Waals surface area contributed by atoms with Crippen molar-refractivity contribution in [2.45, 2.75) is 20.0 Å². The predicted molar refractivity (Wildman–Crippen MR) is 74.1 cm³/mol. The summed E-state index contributed by atoms with van der Waals surface area (Å²) < 4.78 is 21.1. The molecule has 0 saturated carbocycles. The Kier molecular flexibility index (Phi) is 4.63. The molecule has 20 heavy (non-hydrogen) atoms. The van der Waals surface area contributed by atoms with E-state index in [1.54, 1.807) is 32.2 Å². The van der Waals surface area contributed by atoms with Crippen LogP contribution >= 0.6 is 0 Å². The molecule has 1 aromatic carbocycles. The highest BCUT2D eigenvalue weighted by Gasteiger charge is 2.15. The van der Waals surface area contributed by atoms with Crippen molar-refractivity contribution in [3.05, 3.63) is 30.0 Å². The van der Waals surface area contributed by atoms with Gasteiger partial charge < -0.3 is 18.6 Å². The van der Waals surface area contributed by atoms with Gasteiger partial charge in [0.15, 0.2) is 0 Å². The van der Waals surface area contributed by atoms with E-state index in [1.165, 1.54) is 6.26 Å². The Balaban J connectivity index is 2.21. The lowest BCUT2D eigenvalue weighted by atomic mass is 10.2. The predicted octanol–water partition coefficient (Wildman–Crippen LogP) is 3.02. The first-order valence-corrected chi connectivity index (χ1v) is 6.49. The molecular formula is C15H18O5. The molecule has 0 fully saturated rings. The Labute approximate surface area is 117 Å². The van der Waals surface area contributed by atoms with Crippen molar-refractivity contribution in [3.63, 3.8) is 0 Å². The van der Waals surface area contributed by atoms with E-state index < -0.39 is 0 Å². The average Bonchev–Trinajstić information content (AvgIpc) is 2.82. The summed E-state index contributed by atoms with van der Waals surface area (Å²) in [6, 6.07) is 5.34. The van der Waals surface area contributed by atoms with Crippen LogP contribution in [0.2, 0.25) is 0 Å². The van der Waals surface area contributed by atoms with Crippen molar-refractivity contribution in [2.24, 2.45) is 0 Å². The van der Waals surface area contributed by atoms with Crippen LogP contribution in [-0.2, 0) is 9.47 Å². The van der Waals surface area contributed by atoms with Crippen molar-refractivity contribution < 1.29 is 23.4 Å². The van der Waals surface area contributed by atoms with E-state index in [1.807, 2.05) is 6.92 Å². The highest BCUT2D eigenvalue weighted by molar-refractivity contribution is 6.03. The van der Waals surface area contributed by atoms with Crippen molar-refractivity contribution in [2.75, 3.05) is 20.3 Å². The van der Waals surface area contributed by atoms with E-state index in [0.717, 1.165) is 5.39 Å². The Hall–Kier alpha value is -2.01. The normalized spacial score (nSPS) is 12.3. The molecule has 0 aliphatic carbocycles. The summed E-state index contributed by atoms with van der Waals surface area (Å²) in [5, 5.41) is 0.718. The summed E-state index contributed by atoms with van der Waals surface area (Å²) in [6.07, 6.45) is 1.35. The van der Waals surface area contributed by atoms with Crippen molar-refractivity contribution >= 4 is 16.9 Å². The van der Waals surface area contributed by atoms with Crippen LogP contribution in [0.5, 0.6) is 5.75 Å². The van der Waals surface area contributed by atoms with Crippen molar-refractivity contribution in [1.82, 2.24) is 0 Å². The van der Waals surface area contributed by atoms with Crippen LogP contribution < -0.4 is 4.74 Å². The lowest BCUT2D eigenvalue weighted by Gasteiger charge is -2.13. The van der Waals surface area contributed by atoms with Gasteiger partial charge in [-0.1, -0.05) is 0 Å². The molecule has 2 aromatic rings. The van der Waals surface area contributed by atoms with Crippen LogP contribution in [0.1, 0.15) is 24.2 Å². The van der Waals surface area contributed by atoms with Gasteiger partial charge in [-0.05, 0) is 26.0 Å². The van der Waals surface area contributed by atoms with Crippen LogP contribution in [0.3, 0.4) is 0 Å². The molecule has 5 nitrogen and oxygen atoms in total. The largest absolute Gasteiger partial charge is 0.488 e. The summed E-state index contributed by atoms with van der Waals surface area (Å²) in [6.45, 7) is 4.52. The van der Waals surface area contributed by atoms with E-state index >= 15 is 0 Å². The number of rotatable bonds is 6. The van der Waals surface area contributed by atoms with Crippen LogP contribution in [0.25, 0.3) is 11.0 Å². The molecule has 0 amide bonds. The highest BCUT2D eigenvalue weighted by Crippen LogP contribution is 2.26. The zero-order chi connectivity index (χ0) is 14.5. The zero-order valence-corrected chi connectivity index (χ0v) is 11.8. The SMILES string of the molecule is CCOC(=O)c1coc2cc(OC(C)COC)ccc12. The standard InChI is InChI=1S/C15H18O5/c1-4-18-15(16)13-9-19-14-7-11(5-6-12(13)14)20-10(2)8-17-3/h5-7,9-10H,4,8H2,1-3H3. The molecule has 0 aliphatic rings. The molecular weight excluding hydrogens is 260 g/mol. The van der Waals surface area contributed by atoms with Gasteiger partial charge in [0.05, 0.1) is 13.2 Å². The fraction of sp³-hybridized carbons (Fsp3) is 0.400. The summed E-state index contributed by atoms with van der Waals surface area (Å²) in [7, 11) is 1.63. The maximum atomic E-state index is 11.7. The first-order chi connectivity index (χ1) is 9.65. The van der Waals surface area contributed by atoms with E-state index in [-0.39, 0.29) is 12.1 Å². The summed E-state index contributed by atoms with van der Waals surface area (Å²) in [5.74, 6) is 0.291. The van der Waals surface area contributed by atoms with Gasteiger partial charge in [-0.2, -0.15) is 0 Å². The second-order valence-corrected chi connectivity index (χ2v) is 4.41. The van der Waals surface area contributed by atoms with E-state index in [2.05, 4.69) is 0 Å². The number of benzene rings is 1. The summed E-state index contributed by atoms with van der Waals surface area (Å²) in [5.41, 5.74) is 1.02. The highest BCUT2D eigenvalue weighted by atomic mass is 16.5. The molecule has 5 heteroatoms. The van der Waals surface area contributed by atoms with E-state index in [9.17, 15) is 4.79 Å². The number of ether oxygens (including phenoxy) is 3. The minimum atomic E-state index is -0.382. The first kappa shape index (κ1) is 14.4. The number of fused-ring (bicyclic) bond motifs is 1. The number of carbonyl (C=O) groups is 1. The van der Waals surface area contributed by atoms with Crippen LogP contribution in [0.15, 0.2) is 28.9 Å². The van der Waals surface area contributed by atoms with Crippen LogP contribution in [0, 0.1) is 0 Å². The lowest BCUT2D eigenvalue weighted by Crippen LogP contribution is -2.17. The van der Waals surface area contributed by atoms with Gasteiger partial charge in [-0.25, -0.2) is 4.79 Å². The van der Waals surface area contributed by atoms with E-state index in [0.29, 0.717) is 30.1 Å². The summed E-state index contributed by atoms with van der Waals surface area (Å²) >= 11 is 0. The fourth-order valence-corrected chi connectivity index (χ4v) is 1.95. The molecule has 0 spiro atoms. The van der Waals surface area contributed by atoms with Crippen LogP contribution in [-0.4, -0.2) is 32.4 Å². The van der Waals surface area contributed by atoms with Gasteiger partial charge in [-0.15, -0.1) is 0 Å². The molecule has 0 aliphatic heterocycles. The molecule has 1 aromatic heterocycles. The minimum absolute atomic E-state index is 0.0584. The Morgan fingerprint density at radius 2 is 2.20 bits per heavy atom. The average molecular weight is 278 g/mol. The van der Waals surface area contributed by atoms with Crippen molar-refractivity contribution in [3.8, 4) is 5.75 Å². The molecule has 0 saturated heterocycles. The Morgan fingerprint density at radius 1 is 1.40 bits per heavy atom. The number of hydrogen-bond donors (Lipinski definition) is 0. The van der Waals surface area contributed by atoms with Gasteiger partial charge in [0.25, 0.3) is 0 Å². The first-order valence-electron chi connectivity index (χ1n) is 6.49. The molecule has 0 radical (unpaired) electrons. The number of hydrogen-bond acceptors (Lipinski definition) is 5. The van der Waals surface area contributed by atoms with E-state index in [4.69, 9.17) is 18.6 Å². The van der Waals surface area contributed by atoms with Gasteiger partial charge in [0.1, 0.15) is 29.3 Å². The van der Waals surface area contributed by atoms with Gasteiger partial charge >= 0.3 is 5.97 Å². The second-order valence-electron chi connectivity index (χ2n) is 4.41. The summed E-state index contributed by atoms with van der Waals surface area (Å²) in [4.78, 5) is 11.7. The maximum Gasteiger partial charge on any atom is 0.342 e. The number of esters is 1. The smallest absolute Gasteiger partial charge is 0.342 e. The topological polar surface area (TPSA) is 57.9 Å². The van der Waals surface area contributed by atoms with Gasteiger partial charge in [0.2, 0.25) is 0 Å². The number of furan rings is 1. The quantitative estimate of drug-likeness (QED) is 0.760. The van der Waals surface area contributed by atoms with Gasteiger partial charge in [0, 0.05) is 18.6 Å². The Morgan fingerprint density at radius 3 is 2.90 bits per heavy atom. The molecule has 0 bridgehead atoms. The molecule has 2 rings (SSSR count).